The van der Waals surface area contributed by atoms with Crippen LogP contribution in [0.3, 0.4) is 0 Å². The highest BCUT2D eigenvalue weighted by Crippen LogP contribution is 2.36. The standard InChI is InChI=1S/C29H29N3OSi/c1-19-12-13-23(27(33)15-19)29-31-28-24(17-22(34(3,4)5)18-26(28)32(29)2)20-9-8-10-21(16-20)25-11-6-7-14-30-25/h6-18,33H,1-5H3. The first-order valence-electron chi connectivity index (χ1n) is 11.5. The van der Waals surface area contributed by atoms with E-state index in [2.05, 4.69) is 65.6 Å². The Kier molecular flexibility index (Phi) is 5.37. The Morgan fingerprint density at radius 2 is 1.62 bits per heavy atom. The number of aryl methyl sites for hydroxylation is 2. The Hall–Kier alpha value is -3.70. The van der Waals surface area contributed by atoms with Crippen molar-refractivity contribution >= 4 is 24.3 Å². The lowest BCUT2D eigenvalue weighted by Crippen LogP contribution is -2.37. The van der Waals surface area contributed by atoms with Gasteiger partial charge in [0.15, 0.2) is 0 Å². The number of fused-ring (bicyclic) bond motifs is 1. The van der Waals surface area contributed by atoms with Crippen molar-refractivity contribution < 1.29 is 5.11 Å². The third-order valence-corrected chi connectivity index (χ3v) is 8.40. The number of imidazole rings is 1. The largest absolute Gasteiger partial charge is 0.507 e. The summed E-state index contributed by atoms with van der Waals surface area (Å²) in [6.07, 6.45) is 1.82. The number of phenols is 1. The Morgan fingerprint density at radius 3 is 2.32 bits per heavy atom. The molecule has 4 nitrogen and oxygen atoms in total. The molecule has 2 heterocycles. The SMILES string of the molecule is Cc1ccc(-c2nc3c(-c4cccc(-c5ccccn5)c4)cc([Si](C)(C)C)cc3n2C)c(O)c1. The number of hydrogen-bond acceptors (Lipinski definition) is 3. The summed E-state index contributed by atoms with van der Waals surface area (Å²) >= 11 is 0. The van der Waals surface area contributed by atoms with Crippen LogP contribution in [0.5, 0.6) is 5.75 Å². The molecule has 170 valence electrons. The van der Waals surface area contributed by atoms with Gasteiger partial charge in [-0.1, -0.05) is 61.2 Å². The van der Waals surface area contributed by atoms with E-state index in [-0.39, 0.29) is 5.75 Å². The summed E-state index contributed by atoms with van der Waals surface area (Å²) < 4.78 is 2.11. The van der Waals surface area contributed by atoms with Gasteiger partial charge in [0.05, 0.1) is 30.4 Å². The molecule has 0 saturated carbocycles. The molecule has 0 atom stereocenters. The van der Waals surface area contributed by atoms with Crippen LogP contribution in [0, 0.1) is 6.92 Å². The van der Waals surface area contributed by atoms with Gasteiger partial charge in [-0.3, -0.25) is 4.98 Å². The zero-order valence-corrected chi connectivity index (χ0v) is 21.3. The molecule has 2 aromatic heterocycles. The van der Waals surface area contributed by atoms with Gasteiger partial charge in [0.1, 0.15) is 11.6 Å². The van der Waals surface area contributed by atoms with Crippen molar-refractivity contribution in [2.75, 3.05) is 0 Å². The summed E-state index contributed by atoms with van der Waals surface area (Å²) in [5.74, 6) is 1.02. The molecule has 5 aromatic rings. The molecular weight excluding hydrogens is 434 g/mol. The van der Waals surface area contributed by atoms with Crippen LogP contribution in [0.1, 0.15) is 5.56 Å². The maximum absolute atomic E-state index is 10.7. The number of phenolic OH excluding ortho intramolecular Hbond substituents is 1. The second-order valence-corrected chi connectivity index (χ2v) is 15.0. The molecule has 3 aromatic carbocycles. The molecular formula is C29H29N3OSi. The highest BCUT2D eigenvalue weighted by molar-refractivity contribution is 6.88. The smallest absolute Gasteiger partial charge is 0.144 e. The fourth-order valence-corrected chi connectivity index (χ4v) is 5.54. The van der Waals surface area contributed by atoms with Crippen LogP contribution < -0.4 is 5.19 Å². The third-order valence-electron chi connectivity index (χ3n) is 6.38. The van der Waals surface area contributed by atoms with Crippen molar-refractivity contribution in [3.05, 3.63) is 84.6 Å². The van der Waals surface area contributed by atoms with E-state index in [1.54, 1.807) is 6.07 Å². The van der Waals surface area contributed by atoms with E-state index in [1.165, 1.54) is 5.19 Å². The van der Waals surface area contributed by atoms with Gasteiger partial charge in [-0.2, -0.15) is 0 Å². The molecule has 0 fully saturated rings. The van der Waals surface area contributed by atoms with Crippen molar-refractivity contribution in [2.45, 2.75) is 26.6 Å². The molecule has 0 aliphatic carbocycles. The zero-order valence-electron chi connectivity index (χ0n) is 20.3. The van der Waals surface area contributed by atoms with Crippen LogP contribution in [0.2, 0.25) is 19.6 Å². The summed E-state index contributed by atoms with van der Waals surface area (Å²) in [7, 11) is 0.427. The van der Waals surface area contributed by atoms with E-state index in [9.17, 15) is 5.11 Å². The normalized spacial score (nSPS) is 11.8. The van der Waals surface area contributed by atoms with Crippen LogP contribution in [0.4, 0.5) is 0 Å². The molecule has 5 rings (SSSR count). The molecule has 5 heteroatoms. The summed E-state index contributed by atoms with van der Waals surface area (Å²) in [5.41, 5.74) is 8.04. The Bertz CT molecular complexity index is 1510. The van der Waals surface area contributed by atoms with Crippen molar-refractivity contribution in [3.8, 4) is 39.5 Å². The van der Waals surface area contributed by atoms with Crippen molar-refractivity contribution in [3.63, 3.8) is 0 Å². The Morgan fingerprint density at radius 1 is 0.824 bits per heavy atom. The monoisotopic (exact) mass is 463 g/mol. The van der Waals surface area contributed by atoms with Gasteiger partial charge in [0.25, 0.3) is 0 Å². The number of rotatable bonds is 4. The van der Waals surface area contributed by atoms with E-state index in [0.717, 1.165) is 50.4 Å². The molecule has 0 aliphatic heterocycles. The van der Waals surface area contributed by atoms with E-state index < -0.39 is 8.07 Å². The third kappa shape index (κ3) is 3.92. The number of hydrogen-bond donors (Lipinski definition) is 1. The fraction of sp³-hybridized carbons (Fsp3) is 0.172. The first kappa shape index (κ1) is 22.1. The van der Waals surface area contributed by atoms with Gasteiger partial charge in [0, 0.05) is 24.4 Å². The van der Waals surface area contributed by atoms with E-state index in [4.69, 9.17) is 4.98 Å². The van der Waals surface area contributed by atoms with Crippen LogP contribution in [-0.4, -0.2) is 27.7 Å². The van der Waals surface area contributed by atoms with Crippen molar-refractivity contribution in [2.24, 2.45) is 7.05 Å². The second-order valence-electron chi connectivity index (χ2n) is 9.95. The number of nitrogens with zero attached hydrogens (tertiary/aromatic N) is 3. The fourth-order valence-electron chi connectivity index (χ4n) is 4.39. The lowest BCUT2D eigenvalue weighted by Gasteiger charge is -2.19. The summed E-state index contributed by atoms with van der Waals surface area (Å²) in [4.78, 5) is 9.61. The lowest BCUT2D eigenvalue weighted by molar-refractivity contribution is 0.476. The highest BCUT2D eigenvalue weighted by Gasteiger charge is 2.23. The van der Waals surface area contributed by atoms with Crippen LogP contribution in [0.25, 0.3) is 44.8 Å². The maximum atomic E-state index is 10.7. The van der Waals surface area contributed by atoms with E-state index in [1.807, 2.05) is 50.5 Å². The van der Waals surface area contributed by atoms with Gasteiger partial charge in [-0.05, 0) is 54.4 Å². The number of benzene rings is 3. The first-order chi connectivity index (χ1) is 16.2. The Balaban J connectivity index is 1.78. The molecule has 34 heavy (non-hydrogen) atoms. The molecule has 0 spiro atoms. The topological polar surface area (TPSA) is 50.9 Å². The summed E-state index contributed by atoms with van der Waals surface area (Å²) in [6, 6.07) is 24.9. The van der Waals surface area contributed by atoms with Gasteiger partial charge in [0.2, 0.25) is 0 Å². The van der Waals surface area contributed by atoms with Crippen LogP contribution in [0.15, 0.2) is 79.0 Å². The van der Waals surface area contributed by atoms with Gasteiger partial charge < -0.3 is 9.67 Å². The zero-order chi connectivity index (χ0) is 24.0. The molecule has 0 saturated heterocycles. The average molecular weight is 464 g/mol. The second kappa shape index (κ2) is 8.26. The molecule has 0 aliphatic rings. The lowest BCUT2D eigenvalue weighted by atomic mass is 10.0. The van der Waals surface area contributed by atoms with E-state index in [0.29, 0.717) is 0 Å². The molecule has 0 unspecified atom stereocenters. The predicted molar refractivity (Wildman–Crippen MR) is 144 cm³/mol. The Labute approximate surface area is 201 Å². The number of pyridine rings is 1. The minimum Gasteiger partial charge on any atom is -0.507 e. The predicted octanol–water partition coefficient (Wildman–Crippen LogP) is 6.53. The number of aromatic hydroxyl groups is 1. The molecule has 0 amide bonds. The first-order valence-corrected chi connectivity index (χ1v) is 15.0. The van der Waals surface area contributed by atoms with Crippen LogP contribution in [-0.2, 0) is 7.05 Å². The maximum Gasteiger partial charge on any atom is 0.144 e. The minimum atomic E-state index is -1.61. The molecule has 0 bridgehead atoms. The van der Waals surface area contributed by atoms with E-state index >= 15 is 0 Å². The number of aromatic nitrogens is 3. The van der Waals surface area contributed by atoms with Gasteiger partial charge >= 0.3 is 0 Å². The minimum absolute atomic E-state index is 0.252. The van der Waals surface area contributed by atoms with Crippen molar-refractivity contribution in [1.82, 2.24) is 14.5 Å². The quantitative estimate of drug-likeness (QED) is 0.308. The molecule has 1 N–H and O–H groups in total. The highest BCUT2D eigenvalue weighted by atomic mass is 28.3. The van der Waals surface area contributed by atoms with Gasteiger partial charge in [-0.15, -0.1) is 0 Å². The van der Waals surface area contributed by atoms with Crippen LogP contribution >= 0.6 is 0 Å². The summed E-state index contributed by atoms with van der Waals surface area (Å²) in [6.45, 7) is 9.08. The molecule has 0 radical (unpaired) electrons. The van der Waals surface area contributed by atoms with Gasteiger partial charge in [-0.25, -0.2) is 4.98 Å². The summed E-state index contributed by atoms with van der Waals surface area (Å²) in [5, 5.41) is 12.0. The van der Waals surface area contributed by atoms with Crippen molar-refractivity contribution in [1.29, 1.82) is 0 Å². The average Bonchev–Trinajstić information content (AvgIpc) is 3.15.